The van der Waals surface area contributed by atoms with Crippen LogP contribution in [0.15, 0.2) is 39.0 Å². The quantitative estimate of drug-likeness (QED) is 0.374. The Morgan fingerprint density at radius 3 is 2.39 bits per heavy atom. The average molecular weight is 404 g/mol. The topological polar surface area (TPSA) is 134 Å². The number of anilines is 1. The normalized spacial score (nSPS) is 11.0. The molecule has 0 saturated carbocycles. The van der Waals surface area contributed by atoms with Crippen molar-refractivity contribution in [3.63, 3.8) is 0 Å². The first kappa shape index (κ1) is 19.4. The lowest BCUT2D eigenvalue weighted by Crippen LogP contribution is -2.37. The zero-order valence-corrected chi connectivity index (χ0v) is 16.0. The number of carbonyl (C=O) groups excluding carboxylic acids is 1. The molecule has 0 spiro atoms. The second kappa shape index (κ2) is 7.31. The van der Waals surface area contributed by atoms with Crippen LogP contribution in [0.2, 0.25) is 0 Å². The van der Waals surface area contributed by atoms with Gasteiger partial charge in [0, 0.05) is 39.0 Å². The third-order valence-electron chi connectivity index (χ3n) is 4.12. The Balaban J connectivity index is 1.77. The van der Waals surface area contributed by atoms with Gasteiger partial charge in [0.25, 0.3) is 11.2 Å². The maximum atomic E-state index is 12.3. The Kier molecular flexibility index (Phi) is 5.05. The van der Waals surface area contributed by atoms with E-state index in [0.717, 1.165) is 16.3 Å². The van der Waals surface area contributed by atoms with E-state index in [1.165, 1.54) is 35.9 Å². The summed E-state index contributed by atoms with van der Waals surface area (Å²) in [6.45, 7) is 0. The number of benzene rings is 1. The van der Waals surface area contributed by atoms with E-state index in [0.29, 0.717) is 16.5 Å². The van der Waals surface area contributed by atoms with Crippen molar-refractivity contribution >= 4 is 40.2 Å². The van der Waals surface area contributed by atoms with Crippen LogP contribution in [-0.2, 0) is 25.9 Å². The smallest absolute Gasteiger partial charge is 0.325 e. The van der Waals surface area contributed by atoms with Gasteiger partial charge in [-0.15, -0.1) is 0 Å². The van der Waals surface area contributed by atoms with Gasteiger partial charge in [0.2, 0.25) is 5.91 Å². The molecule has 1 aromatic carbocycles. The highest BCUT2D eigenvalue weighted by Gasteiger charge is 2.18. The van der Waals surface area contributed by atoms with Gasteiger partial charge in [-0.3, -0.25) is 28.8 Å². The Morgan fingerprint density at radius 2 is 1.79 bits per heavy atom. The Morgan fingerprint density at radius 1 is 1.14 bits per heavy atom. The first-order valence-corrected chi connectivity index (χ1v) is 8.98. The largest absolute Gasteiger partial charge is 0.332 e. The van der Waals surface area contributed by atoms with E-state index in [9.17, 15) is 24.5 Å². The molecule has 0 bridgehead atoms. The number of nitrogens with zero attached hydrogens (tertiary/aromatic N) is 5. The number of hydrogen-bond acceptors (Lipinski definition) is 7. The van der Waals surface area contributed by atoms with E-state index >= 15 is 0 Å². The number of imidazole rings is 1. The van der Waals surface area contributed by atoms with Gasteiger partial charge in [0.1, 0.15) is 0 Å². The van der Waals surface area contributed by atoms with Crippen molar-refractivity contribution < 1.29 is 9.72 Å². The van der Waals surface area contributed by atoms with Gasteiger partial charge in [-0.05, 0) is 12.1 Å². The van der Waals surface area contributed by atoms with Crippen LogP contribution >= 0.6 is 11.8 Å². The third kappa shape index (κ3) is 3.41. The fourth-order valence-corrected chi connectivity index (χ4v) is 3.45. The number of rotatable bonds is 5. The fraction of sp³-hybridized carbons (Fsp3) is 0.250. The first-order valence-electron chi connectivity index (χ1n) is 8.00. The Hall–Kier alpha value is -3.41. The van der Waals surface area contributed by atoms with Crippen LogP contribution in [0.4, 0.5) is 11.4 Å². The number of thioether (sulfide) groups is 1. The number of non-ortho nitro benzene ring substituents is 1. The molecule has 146 valence electrons. The van der Waals surface area contributed by atoms with E-state index in [1.54, 1.807) is 18.7 Å². The van der Waals surface area contributed by atoms with Gasteiger partial charge in [0.05, 0.1) is 10.7 Å². The van der Waals surface area contributed by atoms with E-state index in [2.05, 4.69) is 10.3 Å². The molecule has 0 saturated heterocycles. The van der Waals surface area contributed by atoms with E-state index in [1.807, 2.05) is 0 Å². The first-order chi connectivity index (χ1) is 13.2. The van der Waals surface area contributed by atoms with Crippen LogP contribution < -0.4 is 16.6 Å². The molecule has 0 radical (unpaired) electrons. The van der Waals surface area contributed by atoms with Crippen molar-refractivity contribution in [1.29, 1.82) is 0 Å². The van der Waals surface area contributed by atoms with Gasteiger partial charge in [-0.1, -0.05) is 11.8 Å². The van der Waals surface area contributed by atoms with Crippen molar-refractivity contribution in [2.45, 2.75) is 5.16 Å². The lowest BCUT2D eigenvalue weighted by Gasteiger charge is -2.06. The number of nitrogens with one attached hydrogen (secondary N) is 1. The number of aromatic nitrogens is 4. The number of fused-ring (bicyclic) bond motifs is 1. The number of aryl methyl sites for hydroxylation is 2. The maximum absolute atomic E-state index is 12.3. The summed E-state index contributed by atoms with van der Waals surface area (Å²) in [5.74, 6) is -0.338. The second-order valence-corrected chi connectivity index (χ2v) is 6.91. The zero-order chi connectivity index (χ0) is 20.6. The molecule has 0 unspecified atom stereocenters. The van der Waals surface area contributed by atoms with Crippen LogP contribution in [0, 0.1) is 10.1 Å². The number of amides is 1. The molecule has 0 aliphatic carbocycles. The molecule has 0 aliphatic rings. The van der Waals surface area contributed by atoms with Crippen LogP contribution in [0.25, 0.3) is 11.2 Å². The SMILES string of the molecule is Cn1c(=O)c2nc(SCC(=O)Nc3ccc([N+](=O)[O-])cc3)n(C)c2n(C)c1=O. The van der Waals surface area contributed by atoms with Crippen molar-refractivity contribution in [1.82, 2.24) is 18.7 Å². The monoisotopic (exact) mass is 404 g/mol. The minimum Gasteiger partial charge on any atom is -0.325 e. The van der Waals surface area contributed by atoms with E-state index in [4.69, 9.17) is 0 Å². The highest BCUT2D eigenvalue weighted by molar-refractivity contribution is 7.99. The van der Waals surface area contributed by atoms with Crippen LogP contribution in [-0.4, -0.2) is 35.3 Å². The van der Waals surface area contributed by atoms with Gasteiger partial charge < -0.3 is 9.88 Å². The number of nitro groups is 1. The summed E-state index contributed by atoms with van der Waals surface area (Å²) in [5, 5.41) is 13.7. The lowest BCUT2D eigenvalue weighted by molar-refractivity contribution is -0.384. The number of hydrogen-bond donors (Lipinski definition) is 1. The molecule has 12 heteroatoms. The van der Waals surface area contributed by atoms with Gasteiger partial charge >= 0.3 is 5.69 Å². The van der Waals surface area contributed by atoms with Crippen LogP contribution in [0.5, 0.6) is 0 Å². The molecule has 0 fully saturated rings. The van der Waals surface area contributed by atoms with Crippen LogP contribution in [0.1, 0.15) is 0 Å². The van der Waals surface area contributed by atoms with Crippen LogP contribution in [0.3, 0.4) is 0 Å². The van der Waals surface area contributed by atoms with E-state index < -0.39 is 16.2 Å². The summed E-state index contributed by atoms with van der Waals surface area (Å²) in [7, 11) is 4.58. The zero-order valence-electron chi connectivity index (χ0n) is 15.2. The molecular weight excluding hydrogens is 388 g/mol. The molecule has 3 aromatic rings. The summed E-state index contributed by atoms with van der Waals surface area (Å²) < 4.78 is 3.89. The molecule has 1 N–H and O–H groups in total. The van der Waals surface area contributed by atoms with E-state index in [-0.39, 0.29) is 22.9 Å². The minimum atomic E-state index is -0.523. The summed E-state index contributed by atoms with van der Waals surface area (Å²) in [6.07, 6.45) is 0. The van der Waals surface area contributed by atoms with Crippen molar-refractivity contribution in [2.24, 2.45) is 21.1 Å². The Labute approximate surface area is 161 Å². The third-order valence-corrected chi connectivity index (χ3v) is 5.15. The molecule has 2 aromatic heterocycles. The molecular formula is C16H16N6O5S. The molecule has 28 heavy (non-hydrogen) atoms. The summed E-state index contributed by atoms with van der Waals surface area (Å²) in [4.78, 5) is 50.9. The lowest BCUT2D eigenvalue weighted by atomic mass is 10.3. The van der Waals surface area contributed by atoms with Crippen molar-refractivity contribution in [3.8, 4) is 0 Å². The number of nitro benzene ring substituents is 1. The average Bonchev–Trinajstić information content (AvgIpc) is 3.00. The second-order valence-electron chi connectivity index (χ2n) is 5.97. The Bertz CT molecular complexity index is 1210. The van der Waals surface area contributed by atoms with Gasteiger partial charge in [-0.25, -0.2) is 9.78 Å². The summed E-state index contributed by atoms with van der Waals surface area (Å²) >= 11 is 1.11. The highest BCUT2D eigenvalue weighted by Crippen LogP contribution is 2.21. The van der Waals surface area contributed by atoms with Crippen molar-refractivity contribution in [2.75, 3.05) is 11.1 Å². The van der Waals surface area contributed by atoms with Gasteiger partial charge in [0.15, 0.2) is 16.3 Å². The number of carbonyl (C=O) groups is 1. The molecule has 1 amide bonds. The standard InChI is InChI=1S/C16H16N6O5S/c1-19-13-12(14(24)21(3)16(25)20(13)2)18-15(19)28-8-11(23)17-9-4-6-10(7-5-9)22(26)27/h4-7H,8H2,1-3H3,(H,17,23). The van der Waals surface area contributed by atoms with Gasteiger partial charge in [-0.2, -0.15) is 0 Å². The summed E-state index contributed by atoms with van der Waals surface area (Å²) in [5.41, 5.74) is -0.0997. The predicted molar refractivity (Wildman–Crippen MR) is 104 cm³/mol. The predicted octanol–water partition coefficient (Wildman–Crippen LogP) is 0.610. The molecule has 0 atom stereocenters. The van der Waals surface area contributed by atoms with Crippen molar-refractivity contribution in [3.05, 3.63) is 55.2 Å². The molecule has 2 heterocycles. The highest BCUT2D eigenvalue weighted by atomic mass is 32.2. The maximum Gasteiger partial charge on any atom is 0.332 e. The minimum absolute atomic E-state index is 0.00239. The fourth-order valence-electron chi connectivity index (χ4n) is 2.68. The molecule has 11 nitrogen and oxygen atoms in total. The summed E-state index contributed by atoms with van der Waals surface area (Å²) in [6, 6.07) is 5.47. The molecule has 3 rings (SSSR count). The molecule has 0 aliphatic heterocycles.